The van der Waals surface area contributed by atoms with E-state index in [0.29, 0.717) is 23.3 Å². The highest BCUT2D eigenvalue weighted by Crippen LogP contribution is 2.19. The predicted octanol–water partition coefficient (Wildman–Crippen LogP) is 3.07. The van der Waals surface area contributed by atoms with Crippen molar-refractivity contribution >= 4 is 42.0 Å². The Hall–Kier alpha value is -2.54. The van der Waals surface area contributed by atoms with Gasteiger partial charge in [-0.1, -0.05) is 35.9 Å². The van der Waals surface area contributed by atoms with Crippen LogP contribution in [0.15, 0.2) is 59.2 Å². The topological polar surface area (TPSA) is 66.0 Å². The van der Waals surface area contributed by atoms with Gasteiger partial charge in [0.15, 0.2) is 0 Å². The van der Waals surface area contributed by atoms with Crippen molar-refractivity contribution in [3.8, 4) is 5.75 Å². The summed E-state index contributed by atoms with van der Waals surface area (Å²) in [6.07, 6.45) is 1.79. The summed E-state index contributed by atoms with van der Waals surface area (Å²) in [5, 5.41) is 6.85. The first-order valence-electron chi connectivity index (χ1n) is 9.22. The van der Waals surface area contributed by atoms with Gasteiger partial charge in [0.1, 0.15) is 18.1 Å². The van der Waals surface area contributed by atoms with Crippen LogP contribution in [0.2, 0.25) is 5.02 Å². The Bertz CT molecular complexity index is 905. The molecule has 1 amide bonds. The number of hydrogen-bond donors (Lipinski definition) is 2. The summed E-state index contributed by atoms with van der Waals surface area (Å²) in [6, 6.07) is 15.2. The number of benzene rings is 2. The van der Waals surface area contributed by atoms with Gasteiger partial charge in [-0.25, -0.2) is 4.99 Å². The molecule has 2 aliphatic rings. The lowest BCUT2D eigenvalue weighted by molar-refractivity contribution is -0.115. The number of halogens is 2. The molecule has 2 aromatic carbocycles. The lowest BCUT2D eigenvalue weighted by atomic mass is 10.2. The number of aliphatic imine (C=N–C) groups is 1. The predicted molar refractivity (Wildman–Crippen MR) is 117 cm³/mol. The Labute approximate surface area is 181 Å². The maximum absolute atomic E-state index is 12.2. The Morgan fingerprint density at radius 2 is 1.76 bits per heavy atom. The molecule has 6 nitrogen and oxygen atoms in total. The molecule has 0 spiro atoms. The second-order valence-corrected chi connectivity index (χ2v) is 7.08. The molecule has 1 saturated heterocycles. The monoisotopic (exact) mass is 432 g/mol. The number of hydrogen-bond acceptors (Lipinski definition) is 5. The van der Waals surface area contributed by atoms with Gasteiger partial charge >= 0.3 is 0 Å². The normalized spacial score (nSPS) is 17.6. The summed E-state index contributed by atoms with van der Waals surface area (Å²) in [7, 11) is 0. The smallest absolute Gasteiger partial charge is 0.276 e. The molecule has 2 N–H and O–H groups in total. The Kier molecular flexibility index (Phi) is 7.14. The van der Waals surface area contributed by atoms with Crippen LogP contribution in [0.3, 0.4) is 0 Å². The van der Waals surface area contributed by atoms with Crippen LogP contribution in [0.4, 0.5) is 0 Å². The average Bonchev–Trinajstić information content (AvgIpc) is 3.10. The highest BCUT2D eigenvalue weighted by atomic mass is 35.5. The third kappa shape index (κ3) is 5.50. The van der Waals surface area contributed by atoms with Crippen molar-refractivity contribution in [2.24, 2.45) is 4.99 Å². The molecule has 2 aliphatic heterocycles. The lowest BCUT2D eigenvalue weighted by Crippen LogP contribution is -2.50. The number of piperazine rings is 1. The molecular formula is C21H22Cl2N4O2. The van der Waals surface area contributed by atoms with Crippen LogP contribution in [-0.2, 0) is 11.4 Å². The van der Waals surface area contributed by atoms with Crippen LogP contribution in [0.1, 0.15) is 11.1 Å². The minimum Gasteiger partial charge on any atom is -0.489 e. The van der Waals surface area contributed by atoms with E-state index in [2.05, 4.69) is 20.5 Å². The van der Waals surface area contributed by atoms with Crippen LogP contribution in [0.25, 0.3) is 6.08 Å². The number of amides is 1. The van der Waals surface area contributed by atoms with Crippen molar-refractivity contribution < 1.29 is 9.53 Å². The van der Waals surface area contributed by atoms with Crippen molar-refractivity contribution in [3.05, 3.63) is 70.4 Å². The van der Waals surface area contributed by atoms with Gasteiger partial charge in [0.05, 0.1) is 0 Å². The van der Waals surface area contributed by atoms with Gasteiger partial charge in [-0.2, -0.15) is 0 Å². The molecule has 2 heterocycles. The SMILES string of the molecule is Cl.O=C1NC(N2CCNCC2)=N/C1=C\c1ccc(OCc2ccc(Cl)cc2)cc1. The number of ether oxygens (including phenoxy) is 1. The summed E-state index contributed by atoms with van der Waals surface area (Å²) in [5.41, 5.74) is 2.37. The number of carbonyl (C=O) groups excluding carboxylic acids is 1. The highest BCUT2D eigenvalue weighted by Gasteiger charge is 2.25. The molecule has 0 aliphatic carbocycles. The molecule has 2 aromatic rings. The molecule has 4 rings (SSSR count). The van der Waals surface area contributed by atoms with Gasteiger partial charge in [-0.3, -0.25) is 10.1 Å². The van der Waals surface area contributed by atoms with Gasteiger partial charge in [0.2, 0.25) is 5.96 Å². The van der Waals surface area contributed by atoms with E-state index >= 15 is 0 Å². The fourth-order valence-electron chi connectivity index (χ4n) is 3.05. The van der Waals surface area contributed by atoms with Gasteiger partial charge in [0, 0.05) is 31.2 Å². The summed E-state index contributed by atoms with van der Waals surface area (Å²) >= 11 is 5.89. The van der Waals surface area contributed by atoms with Crippen molar-refractivity contribution in [3.63, 3.8) is 0 Å². The van der Waals surface area contributed by atoms with E-state index in [1.54, 1.807) is 6.08 Å². The zero-order chi connectivity index (χ0) is 19.3. The van der Waals surface area contributed by atoms with Crippen molar-refractivity contribution in [2.75, 3.05) is 26.2 Å². The number of nitrogens with one attached hydrogen (secondary N) is 2. The Morgan fingerprint density at radius 1 is 1.07 bits per heavy atom. The third-order valence-electron chi connectivity index (χ3n) is 4.60. The molecule has 0 radical (unpaired) electrons. The van der Waals surface area contributed by atoms with Crippen LogP contribution in [-0.4, -0.2) is 42.9 Å². The zero-order valence-electron chi connectivity index (χ0n) is 15.7. The Morgan fingerprint density at radius 3 is 2.45 bits per heavy atom. The van der Waals surface area contributed by atoms with Crippen molar-refractivity contribution in [1.82, 2.24) is 15.5 Å². The van der Waals surface area contributed by atoms with Crippen LogP contribution in [0.5, 0.6) is 5.75 Å². The first-order chi connectivity index (χ1) is 13.7. The van der Waals surface area contributed by atoms with Crippen LogP contribution >= 0.6 is 24.0 Å². The summed E-state index contributed by atoms with van der Waals surface area (Å²) < 4.78 is 5.79. The molecule has 152 valence electrons. The molecule has 0 bridgehead atoms. The van der Waals surface area contributed by atoms with E-state index < -0.39 is 0 Å². The molecule has 29 heavy (non-hydrogen) atoms. The minimum atomic E-state index is -0.170. The van der Waals surface area contributed by atoms with Crippen molar-refractivity contribution in [2.45, 2.75) is 6.61 Å². The molecular weight excluding hydrogens is 411 g/mol. The van der Waals surface area contributed by atoms with E-state index in [9.17, 15) is 4.79 Å². The van der Waals surface area contributed by atoms with Gasteiger partial charge in [-0.05, 0) is 41.5 Å². The molecule has 0 atom stereocenters. The first-order valence-corrected chi connectivity index (χ1v) is 9.60. The van der Waals surface area contributed by atoms with E-state index in [1.807, 2.05) is 48.5 Å². The number of nitrogens with zero attached hydrogens (tertiary/aromatic N) is 2. The van der Waals surface area contributed by atoms with Gasteiger partial charge < -0.3 is 15.0 Å². The largest absolute Gasteiger partial charge is 0.489 e. The maximum Gasteiger partial charge on any atom is 0.276 e. The van der Waals surface area contributed by atoms with E-state index in [-0.39, 0.29) is 18.3 Å². The molecule has 0 aromatic heterocycles. The quantitative estimate of drug-likeness (QED) is 0.728. The molecule has 1 fully saturated rings. The summed E-state index contributed by atoms with van der Waals surface area (Å²) in [6.45, 7) is 3.94. The fourth-order valence-corrected chi connectivity index (χ4v) is 3.17. The van der Waals surface area contributed by atoms with Gasteiger partial charge in [0.25, 0.3) is 5.91 Å². The molecule has 8 heteroatoms. The second kappa shape index (κ2) is 9.78. The summed E-state index contributed by atoms with van der Waals surface area (Å²) in [4.78, 5) is 18.8. The fraction of sp³-hybridized carbons (Fsp3) is 0.238. The number of guanidine groups is 1. The van der Waals surface area contributed by atoms with E-state index in [0.717, 1.165) is 43.1 Å². The maximum atomic E-state index is 12.2. The summed E-state index contributed by atoms with van der Waals surface area (Å²) in [5.74, 6) is 1.23. The van der Waals surface area contributed by atoms with Gasteiger partial charge in [-0.15, -0.1) is 12.4 Å². The average molecular weight is 433 g/mol. The lowest BCUT2D eigenvalue weighted by Gasteiger charge is -2.28. The minimum absolute atomic E-state index is 0. The van der Waals surface area contributed by atoms with E-state index in [4.69, 9.17) is 16.3 Å². The number of rotatable bonds is 4. The second-order valence-electron chi connectivity index (χ2n) is 6.64. The number of carbonyl (C=O) groups is 1. The highest BCUT2D eigenvalue weighted by molar-refractivity contribution is 6.30. The Balaban J connectivity index is 0.00000240. The zero-order valence-corrected chi connectivity index (χ0v) is 17.3. The van der Waals surface area contributed by atoms with Crippen LogP contribution < -0.4 is 15.4 Å². The first kappa shape index (κ1) is 21.2. The molecule has 0 saturated carbocycles. The van der Waals surface area contributed by atoms with E-state index in [1.165, 1.54) is 0 Å². The van der Waals surface area contributed by atoms with Crippen molar-refractivity contribution in [1.29, 1.82) is 0 Å². The van der Waals surface area contributed by atoms with Crippen LogP contribution in [0, 0.1) is 0 Å². The third-order valence-corrected chi connectivity index (χ3v) is 4.86. The standard InChI is InChI=1S/C21H21ClN4O2.ClH/c22-17-5-1-16(2-6-17)14-28-18-7-3-15(4-8-18)13-19-20(27)25-21(24-19)26-11-9-23-10-12-26;/h1-8,13,23H,9-12,14H2,(H,24,25,27);1H/b19-13-;. The molecule has 0 unspecified atom stereocenters.